The lowest BCUT2D eigenvalue weighted by Gasteiger charge is -2.38. The van der Waals surface area contributed by atoms with Gasteiger partial charge in [-0.3, -0.25) is 14.5 Å². The summed E-state index contributed by atoms with van der Waals surface area (Å²) in [5.41, 5.74) is 2.22. The Morgan fingerprint density at radius 1 is 1.19 bits per heavy atom. The van der Waals surface area contributed by atoms with Crippen molar-refractivity contribution in [2.24, 2.45) is 11.8 Å². The predicted molar refractivity (Wildman–Crippen MR) is 118 cm³/mol. The molecule has 2 heterocycles. The highest BCUT2D eigenvalue weighted by Gasteiger charge is 2.47. The zero-order valence-electron chi connectivity index (χ0n) is 18.0. The van der Waals surface area contributed by atoms with Gasteiger partial charge in [0.25, 0.3) is 0 Å². The number of fused-ring (bicyclic) bond motifs is 3. The second kappa shape index (κ2) is 8.41. The molecule has 1 N–H and O–H groups in total. The van der Waals surface area contributed by atoms with Crippen LogP contribution in [0.1, 0.15) is 38.8 Å². The van der Waals surface area contributed by atoms with Crippen molar-refractivity contribution in [3.8, 4) is 5.75 Å². The molecule has 0 saturated heterocycles. The van der Waals surface area contributed by atoms with Crippen molar-refractivity contribution in [3.05, 3.63) is 54.1 Å². The summed E-state index contributed by atoms with van der Waals surface area (Å²) >= 11 is 0. The van der Waals surface area contributed by atoms with Crippen LogP contribution in [0.2, 0.25) is 0 Å². The van der Waals surface area contributed by atoms with Crippen molar-refractivity contribution in [1.29, 1.82) is 0 Å². The van der Waals surface area contributed by atoms with Crippen molar-refractivity contribution in [3.63, 3.8) is 0 Å². The third-order valence-electron chi connectivity index (χ3n) is 5.63. The molecule has 1 aliphatic rings. The average Bonchev–Trinajstić information content (AvgIpc) is 3.11. The maximum absolute atomic E-state index is 13.7. The first-order valence-corrected chi connectivity index (χ1v) is 10.7. The molecular weight excluding hydrogens is 394 g/mol. The van der Waals surface area contributed by atoms with Crippen LogP contribution in [0.4, 0.5) is 5.95 Å². The molecule has 7 heteroatoms. The molecule has 0 spiro atoms. The van der Waals surface area contributed by atoms with Gasteiger partial charge in [0.15, 0.2) is 5.92 Å². The number of aromatic nitrogens is 2. The fraction of sp³-hybridized carbons (Fsp3) is 0.375. The molecule has 162 valence electrons. The van der Waals surface area contributed by atoms with Crippen LogP contribution in [0.5, 0.6) is 5.75 Å². The monoisotopic (exact) mass is 421 g/mol. The van der Waals surface area contributed by atoms with Gasteiger partial charge >= 0.3 is 5.97 Å². The van der Waals surface area contributed by atoms with E-state index in [2.05, 4.69) is 13.8 Å². The van der Waals surface area contributed by atoms with E-state index >= 15 is 0 Å². The maximum atomic E-state index is 13.7. The van der Waals surface area contributed by atoms with E-state index in [9.17, 15) is 14.7 Å². The molecule has 7 nitrogen and oxygen atoms in total. The van der Waals surface area contributed by atoms with Crippen molar-refractivity contribution >= 4 is 28.9 Å². The largest absolute Gasteiger partial charge is 0.508 e. The standard InChI is InChI=1S/C24H27N3O4/c1-4-31-23(30)20-21(16-8-7-9-17(28)14-16)27-19-11-6-5-10-18(19)25-24(27)26(22(20)29)13-12-15(2)3/h5-11,14-15,20-21,28H,4,12-13H2,1-3H3/t20-,21+/m0/s1. The third-order valence-corrected chi connectivity index (χ3v) is 5.63. The van der Waals surface area contributed by atoms with Crippen LogP contribution in [-0.2, 0) is 14.3 Å². The number of hydrogen-bond acceptors (Lipinski definition) is 5. The van der Waals surface area contributed by atoms with Crippen LogP contribution in [0, 0.1) is 11.8 Å². The Labute approximate surface area is 181 Å². The third kappa shape index (κ3) is 3.76. The molecule has 0 fully saturated rings. The Balaban J connectivity index is 1.97. The van der Waals surface area contributed by atoms with E-state index in [1.807, 2.05) is 34.9 Å². The van der Waals surface area contributed by atoms with Gasteiger partial charge in [-0.15, -0.1) is 0 Å². The number of rotatable bonds is 6. The minimum absolute atomic E-state index is 0.0702. The number of aromatic hydroxyl groups is 1. The molecule has 0 saturated carbocycles. The van der Waals surface area contributed by atoms with E-state index in [-0.39, 0.29) is 18.3 Å². The molecule has 0 unspecified atom stereocenters. The zero-order chi connectivity index (χ0) is 22.1. The molecule has 2 atom stereocenters. The molecule has 1 aliphatic heterocycles. The number of para-hydroxylation sites is 2. The number of ether oxygens (including phenoxy) is 1. The zero-order valence-corrected chi connectivity index (χ0v) is 18.0. The Hall–Kier alpha value is -3.35. The highest BCUT2D eigenvalue weighted by atomic mass is 16.5. The lowest BCUT2D eigenvalue weighted by molar-refractivity contribution is -0.153. The number of anilines is 1. The first-order chi connectivity index (χ1) is 14.9. The molecule has 0 bridgehead atoms. The highest BCUT2D eigenvalue weighted by Crippen LogP contribution is 2.42. The van der Waals surface area contributed by atoms with Gasteiger partial charge in [-0.2, -0.15) is 0 Å². The van der Waals surface area contributed by atoms with E-state index in [0.717, 1.165) is 17.5 Å². The summed E-state index contributed by atoms with van der Waals surface area (Å²) in [5.74, 6) is -0.995. The summed E-state index contributed by atoms with van der Waals surface area (Å²) in [6.45, 7) is 6.55. The van der Waals surface area contributed by atoms with Crippen LogP contribution in [0.3, 0.4) is 0 Å². The molecule has 1 amide bonds. The molecular formula is C24H27N3O4. The van der Waals surface area contributed by atoms with Crippen LogP contribution in [0.15, 0.2) is 48.5 Å². The summed E-state index contributed by atoms with van der Waals surface area (Å²) in [6.07, 6.45) is 0.779. The second-order valence-corrected chi connectivity index (χ2v) is 8.21. The smallest absolute Gasteiger partial charge is 0.321 e. The van der Waals surface area contributed by atoms with Crippen molar-refractivity contribution in [2.75, 3.05) is 18.1 Å². The predicted octanol–water partition coefficient (Wildman–Crippen LogP) is 3.90. The number of phenolic OH excluding ortho intramolecular Hbond substituents is 1. The molecule has 4 rings (SSSR count). The maximum Gasteiger partial charge on any atom is 0.321 e. The SMILES string of the molecule is CCOC(=O)[C@@H]1C(=O)N(CCC(C)C)c2nc3ccccc3n2[C@@H]1c1cccc(O)c1. The van der Waals surface area contributed by atoms with E-state index < -0.39 is 17.9 Å². The number of carbonyl (C=O) groups excluding carboxylic acids is 2. The minimum atomic E-state index is -1.07. The lowest BCUT2D eigenvalue weighted by Crippen LogP contribution is -2.50. The number of amides is 1. The number of imidazole rings is 1. The minimum Gasteiger partial charge on any atom is -0.508 e. The first kappa shape index (κ1) is 20.9. The van der Waals surface area contributed by atoms with Gasteiger partial charge in [0, 0.05) is 6.54 Å². The number of nitrogens with zero attached hydrogens (tertiary/aromatic N) is 3. The van der Waals surface area contributed by atoms with Crippen molar-refractivity contribution in [2.45, 2.75) is 33.2 Å². The van der Waals surface area contributed by atoms with E-state index in [1.54, 1.807) is 30.0 Å². The van der Waals surface area contributed by atoms with Crippen LogP contribution >= 0.6 is 0 Å². The fourth-order valence-corrected chi connectivity index (χ4v) is 4.16. The van der Waals surface area contributed by atoms with Crippen LogP contribution < -0.4 is 4.90 Å². The summed E-state index contributed by atoms with van der Waals surface area (Å²) in [4.78, 5) is 33.1. The van der Waals surface area contributed by atoms with Crippen molar-refractivity contribution in [1.82, 2.24) is 9.55 Å². The van der Waals surface area contributed by atoms with E-state index in [1.165, 1.54) is 0 Å². The van der Waals surface area contributed by atoms with Gasteiger partial charge in [0.1, 0.15) is 5.75 Å². The van der Waals surface area contributed by atoms with E-state index in [4.69, 9.17) is 9.72 Å². The first-order valence-electron chi connectivity index (χ1n) is 10.7. The second-order valence-electron chi connectivity index (χ2n) is 8.21. The van der Waals surface area contributed by atoms with Gasteiger partial charge in [0.2, 0.25) is 11.9 Å². The Bertz CT molecular complexity index is 1120. The van der Waals surface area contributed by atoms with Gasteiger partial charge in [-0.05, 0) is 49.1 Å². The summed E-state index contributed by atoms with van der Waals surface area (Å²) in [7, 11) is 0. The summed E-state index contributed by atoms with van der Waals surface area (Å²) in [5, 5.41) is 10.1. The number of esters is 1. The lowest BCUT2D eigenvalue weighted by atomic mass is 9.89. The number of benzene rings is 2. The number of carbonyl (C=O) groups is 2. The highest BCUT2D eigenvalue weighted by molar-refractivity contribution is 6.08. The van der Waals surface area contributed by atoms with E-state index in [0.29, 0.717) is 24.0 Å². The van der Waals surface area contributed by atoms with Gasteiger partial charge in [-0.1, -0.05) is 38.1 Å². The fourth-order valence-electron chi connectivity index (χ4n) is 4.16. The topological polar surface area (TPSA) is 84.7 Å². The molecule has 1 aromatic heterocycles. The van der Waals surface area contributed by atoms with Gasteiger partial charge in [-0.25, -0.2) is 4.98 Å². The Morgan fingerprint density at radius 3 is 2.68 bits per heavy atom. The molecule has 2 aromatic carbocycles. The van der Waals surface area contributed by atoms with Gasteiger partial charge in [0.05, 0.1) is 23.7 Å². The Kier molecular flexibility index (Phi) is 5.67. The molecule has 0 radical (unpaired) electrons. The number of hydrogen-bond donors (Lipinski definition) is 1. The molecule has 3 aromatic rings. The normalized spacial score (nSPS) is 18.5. The number of phenols is 1. The van der Waals surface area contributed by atoms with Crippen LogP contribution in [0.25, 0.3) is 11.0 Å². The Morgan fingerprint density at radius 2 is 1.97 bits per heavy atom. The average molecular weight is 421 g/mol. The molecule has 31 heavy (non-hydrogen) atoms. The summed E-state index contributed by atoms with van der Waals surface area (Å²) in [6, 6.07) is 13.6. The molecule has 0 aliphatic carbocycles. The summed E-state index contributed by atoms with van der Waals surface area (Å²) < 4.78 is 7.27. The van der Waals surface area contributed by atoms with Crippen LogP contribution in [-0.4, -0.2) is 39.7 Å². The van der Waals surface area contributed by atoms with Crippen molar-refractivity contribution < 1.29 is 19.4 Å². The van der Waals surface area contributed by atoms with Gasteiger partial charge < -0.3 is 14.4 Å². The quantitative estimate of drug-likeness (QED) is 0.482.